The second kappa shape index (κ2) is 11.4. The standard InChI is InChI=1S/C24H26N6O2/c25-13-17-4-2-8-21(11-17)29-23(31)27-15-19-6-1-7-20(10-19)16-28-24(32)30-22-9-3-5-18(12-22)14-26/h2-5,8-9,11-12,19-20H,1,6-7,10,15-16H2,(H2,27,29,31)(H2,28,30,32)/t19-,20+. The van der Waals surface area contributed by atoms with Crippen LogP contribution in [0.3, 0.4) is 0 Å². The molecule has 32 heavy (non-hydrogen) atoms. The Bertz CT molecular complexity index is 958. The molecule has 0 bridgehead atoms. The number of carbonyl (C=O) groups is 2. The average molecular weight is 431 g/mol. The van der Waals surface area contributed by atoms with Crippen molar-refractivity contribution in [2.45, 2.75) is 25.7 Å². The molecule has 4 N–H and O–H groups in total. The molecule has 1 fully saturated rings. The summed E-state index contributed by atoms with van der Waals surface area (Å²) < 4.78 is 0. The first kappa shape index (κ1) is 22.6. The maximum absolute atomic E-state index is 12.2. The van der Waals surface area contributed by atoms with Crippen molar-refractivity contribution < 1.29 is 9.59 Å². The van der Waals surface area contributed by atoms with Crippen molar-refractivity contribution in [2.75, 3.05) is 23.7 Å². The van der Waals surface area contributed by atoms with Crippen LogP contribution in [0.5, 0.6) is 0 Å². The largest absolute Gasteiger partial charge is 0.338 e. The Balaban J connectivity index is 1.39. The molecule has 0 radical (unpaired) electrons. The number of amides is 4. The minimum Gasteiger partial charge on any atom is -0.338 e. The van der Waals surface area contributed by atoms with Gasteiger partial charge in [0.15, 0.2) is 0 Å². The maximum Gasteiger partial charge on any atom is 0.319 e. The van der Waals surface area contributed by atoms with Gasteiger partial charge in [0.05, 0.1) is 23.3 Å². The Labute approximate surface area is 187 Å². The molecule has 0 unspecified atom stereocenters. The summed E-state index contributed by atoms with van der Waals surface area (Å²) in [7, 11) is 0. The summed E-state index contributed by atoms with van der Waals surface area (Å²) in [5.74, 6) is 0.698. The summed E-state index contributed by atoms with van der Waals surface area (Å²) in [6.07, 6.45) is 4.05. The number of carbonyl (C=O) groups excluding carboxylic acids is 2. The summed E-state index contributed by atoms with van der Waals surface area (Å²) in [5.41, 5.74) is 2.15. The van der Waals surface area contributed by atoms with E-state index in [0.29, 0.717) is 47.4 Å². The number of anilines is 2. The lowest BCUT2D eigenvalue weighted by Gasteiger charge is -2.29. The van der Waals surface area contributed by atoms with Crippen LogP contribution in [0.15, 0.2) is 48.5 Å². The van der Waals surface area contributed by atoms with Crippen molar-refractivity contribution in [3.8, 4) is 12.1 Å². The van der Waals surface area contributed by atoms with Crippen LogP contribution in [0.2, 0.25) is 0 Å². The van der Waals surface area contributed by atoms with Crippen molar-refractivity contribution in [2.24, 2.45) is 11.8 Å². The first-order valence-electron chi connectivity index (χ1n) is 10.7. The van der Waals surface area contributed by atoms with Gasteiger partial charge in [-0.3, -0.25) is 0 Å². The van der Waals surface area contributed by atoms with Gasteiger partial charge in [0.25, 0.3) is 0 Å². The number of hydrogen-bond donors (Lipinski definition) is 4. The molecule has 4 amide bonds. The normalized spacial score (nSPS) is 17.3. The van der Waals surface area contributed by atoms with Gasteiger partial charge < -0.3 is 21.3 Å². The fourth-order valence-electron chi connectivity index (χ4n) is 3.93. The Morgan fingerprint density at radius 3 is 1.72 bits per heavy atom. The molecular formula is C24H26N6O2. The van der Waals surface area contributed by atoms with Gasteiger partial charge in [-0.25, -0.2) is 9.59 Å². The van der Waals surface area contributed by atoms with Crippen molar-refractivity contribution in [3.05, 3.63) is 59.7 Å². The van der Waals surface area contributed by atoms with Crippen LogP contribution in [0.1, 0.15) is 36.8 Å². The van der Waals surface area contributed by atoms with Gasteiger partial charge in [0.2, 0.25) is 0 Å². The SMILES string of the molecule is N#Cc1cccc(NC(=O)NC[C@H]2CCC[C@@H](CNC(=O)Nc3cccc(C#N)c3)C2)c1. The first-order chi connectivity index (χ1) is 15.6. The lowest BCUT2D eigenvalue weighted by atomic mass is 9.81. The second-order valence-corrected chi connectivity index (χ2v) is 7.95. The molecule has 8 nitrogen and oxygen atoms in total. The quantitative estimate of drug-likeness (QED) is 0.548. The predicted molar refractivity (Wildman–Crippen MR) is 122 cm³/mol. The Morgan fingerprint density at radius 1 is 0.812 bits per heavy atom. The molecule has 1 aliphatic carbocycles. The Morgan fingerprint density at radius 2 is 1.28 bits per heavy atom. The number of rotatable bonds is 6. The molecule has 164 valence electrons. The molecule has 1 aliphatic rings. The average Bonchev–Trinajstić information content (AvgIpc) is 2.82. The summed E-state index contributed by atoms with van der Waals surface area (Å²) >= 11 is 0. The zero-order valence-electron chi connectivity index (χ0n) is 17.7. The van der Waals surface area contributed by atoms with Gasteiger partial charge in [-0.15, -0.1) is 0 Å². The van der Waals surface area contributed by atoms with Crippen LogP contribution in [-0.2, 0) is 0 Å². The third-order valence-electron chi connectivity index (χ3n) is 5.49. The van der Waals surface area contributed by atoms with Gasteiger partial charge in [0.1, 0.15) is 0 Å². The predicted octanol–water partition coefficient (Wildman–Crippen LogP) is 4.18. The molecule has 0 heterocycles. The van der Waals surface area contributed by atoms with Gasteiger partial charge in [-0.1, -0.05) is 18.6 Å². The van der Waals surface area contributed by atoms with Gasteiger partial charge in [-0.05, 0) is 67.5 Å². The smallest absolute Gasteiger partial charge is 0.319 e. The molecule has 2 aromatic rings. The Kier molecular flexibility index (Phi) is 8.05. The van der Waals surface area contributed by atoms with Crippen molar-refractivity contribution >= 4 is 23.4 Å². The van der Waals surface area contributed by atoms with Crippen LogP contribution in [-0.4, -0.2) is 25.2 Å². The van der Waals surface area contributed by atoms with E-state index in [1.807, 2.05) is 12.1 Å². The molecule has 8 heteroatoms. The molecule has 0 spiro atoms. The molecule has 1 saturated carbocycles. The van der Waals surface area contributed by atoms with E-state index in [1.165, 1.54) is 0 Å². The van der Waals surface area contributed by atoms with Crippen LogP contribution in [0, 0.1) is 34.5 Å². The van der Waals surface area contributed by atoms with E-state index in [-0.39, 0.29) is 12.1 Å². The van der Waals surface area contributed by atoms with Crippen LogP contribution >= 0.6 is 0 Å². The highest BCUT2D eigenvalue weighted by molar-refractivity contribution is 5.90. The van der Waals surface area contributed by atoms with Crippen LogP contribution in [0.25, 0.3) is 0 Å². The van der Waals surface area contributed by atoms with E-state index >= 15 is 0 Å². The van der Waals surface area contributed by atoms with E-state index in [4.69, 9.17) is 10.5 Å². The number of nitriles is 2. The monoisotopic (exact) mass is 430 g/mol. The summed E-state index contributed by atoms with van der Waals surface area (Å²) in [6.45, 7) is 1.13. The summed E-state index contributed by atoms with van der Waals surface area (Å²) in [5, 5.41) is 29.2. The van der Waals surface area contributed by atoms with Crippen molar-refractivity contribution in [1.29, 1.82) is 10.5 Å². The topological polar surface area (TPSA) is 130 Å². The molecule has 0 aliphatic heterocycles. The third kappa shape index (κ3) is 7.03. The maximum atomic E-state index is 12.2. The van der Waals surface area contributed by atoms with E-state index in [9.17, 15) is 9.59 Å². The highest BCUT2D eigenvalue weighted by atomic mass is 16.2. The lowest BCUT2D eigenvalue weighted by Crippen LogP contribution is -2.38. The number of benzene rings is 2. The third-order valence-corrected chi connectivity index (χ3v) is 5.49. The lowest BCUT2D eigenvalue weighted by molar-refractivity contribution is 0.230. The minimum atomic E-state index is -0.292. The molecule has 2 aromatic carbocycles. The van der Waals surface area contributed by atoms with Gasteiger partial charge in [0, 0.05) is 24.5 Å². The fraction of sp³-hybridized carbons (Fsp3) is 0.333. The van der Waals surface area contributed by atoms with Crippen molar-refractivity contribution in [3.63, 3.8) is 0 Å². The van der Waals surface area contributed by atoms with E-state index in [1.54, 1.807) is 48.5 Å². The molecular weight excluding hydrogens is 404 g/mol. The number of hydrogen-bond acceptors (Lipinski definition) is 4. The second-order valence-electron chi connectivity index (χ2n) is 7.95. The minimum absolute atomic E-state index is 0.292. The van der Waals surface area contributed by atoms with E-state index in [2.05, 4.69) is 21.3 Å². The van der Waals surface area contributed by atoms with E-state index in [0.717, 1.165) is 25.7 Å². The zero-order chi connectivity index (χ0) is 22.8. The number of nitrogens with one attached hydrogen (secondary N) is 4. The van der Waals surface area contributed by atoms with E-state index < -0.39 is 0 Å². The van der Waals surface area contributed by atoms with Crippen LogP contribution in [0.4, 0.5) is 21.0 Å². The molecule has 2 atom stereocenters. The molecule has 0 aromatic heterocycles. The first-order valence-corrected chi connectivity index (χ1v) is 10.7. The summed E-state index contributed by atoms with van der Waals surface area (Å²) in [6, 6.07) is 17.1. The van der Waals surface area contributed by atoms with Gasteiger partial charge >= 0.3 is 12.1 Å². The molecule has 0 saturated heterocycles. The van der Waals surface area contributed by atoms with Crippen molar-refractivity contribution in [1.82, 2.24) is 10.6 Å². The van der Waals surface area contributed by atoms with Crippen LogP contribution < -0.4 is 21.3 Å². The molecule has 3 rings (SSSR count). The van der Waals surface area contributed by atoms with Gasteiger partial charge in [-0.2, -0.15) is 10.5 Å². The number of urea groups is 2. The Hall–Kier alpha value is -4.04. The zero-order valence-corrected chi connectivity index (χ0v) is 17.7. The highest BCUT2D eigenvalue weighted by Crippen LogP contribution is 2.28. The number of nitrogens with zero attached hydrogens (tertiary/aromatic N) is 2. The highest BCUT2D eigenvalue weighted by Gasteiger charge is 2.23. The summed E-state index contributed by atoms with van der Waals surface area (Å²) in [4.78, 5) is 24.4. The fourth-order valence-corrected chi connectivity index (χ4v) is 3.93.